The summed E-state index contributed by atoms with van der Waals surface area (Å²) in [6, 6.07) is 0.587. The van der Waals surface area contributed by atoms with E-state index in [0.29, 0.717) is 6.07 Å². The van der Waals surface area contributed by atoms with Crippen molar-refractivity contribution in [3.63, 3.8) is 0 Å². The number of pyridine rings is 1. The fraction of sp³-hybridized carbons (Fsp3) is 0.375. The van der Waals surface area contributed by atoms with E-state index in [1.165, 1.54) is 22.6 Å². The van der Waals surface area contributed by atoms with Gasteiger partial charge in [0.2, 0.25) is 0 Å². The first-order chi connectivity index (χ1) is 7.50. The quantitative estimate of drug-likeness (QED) is 0.424. The van der Waals surface area contributed by atoms with Crippen LogP contribution in [0.15, 0.2) is 6.07 Å². The largest absolute Gasteiger partial charge is 0.573 e. The first-order valence-electron chi connectivity index (χ1n) is 4.01. The van der Waals surface area contributed by atoms with E-state index in [1.54, 1.807) is 0 Å². The predicted molar refractivity (Wildman–Crippen MR) is 53.4 cm³/mol. The number of halogens is 7. The summed E-state index contributed by atoms with van der Waals surface area (Å²) < 4.78 is 76.8. The molecule has 1 aromatic rings. The topological polar surface area (TPSA) is 22.1 Å². The molecule has 0 fully saturated rings. The Kier molecular flexibility index (Phi) is 3.79. The first kappa shape index (κ1) is 14.3. The van der Waals surface area contributed by atoms with Crippen LogP contribution in [0.25, 0.3) is 0 Å². The maximum atomic E-state index is 12.5. The summed E-state index contributed by atoms with van der Waals surface area (Å²) in [7, 11) is 0. The van der Waals surface area contributed by atoms with Crippen LogP contribution in [0.5, 0.6) is 5.75 Å². The van der Waals surface area contributed by atoms with Crippen LogP contribution in [0.1, 0.15) is 11.3 Å². The standard InChI is InChI=1S/C8H4F6INO/c1-3-6(7(9,10)11)4(2-5(15)16-3)17-8(12,13)14/h2H,1H3. The summed E-state index contributed by atoms with van der Waals surface area (Å²) in [5.74, 6) is -1.29. The molecule has 96 valence electrons. The molecule has 1 rings (SSSR count). The van der Waals surface area contributed by atoms with Crippen LogP contribution in [0, 0.1) is 10.6 Å². The Morgan fingerprint density at radius 3 is 2.12 bits per heavy atom. The maximum Gasteiger partial charge on any atom is 0.573 e. The highest BCUT2D eigenvalue weighted by atomic mass is 127. The molecule has 0 amide bonds. The molecule has 0 aliphatic carbocycles. The Labute approximate surface area is 105 Å². The Hall–Kier alpha value is -0.740. The van der Waals surface area contributed by atoms with Crippen LogP contribution in [-0.4, -0.2) is 11.3 Å². The molecule has 0 aliphatic heterocycles. The smallest absolute Gasteiger partial charge is 0.405 e. The number of ether oxygens (including phenoxy) is 1. The zero-order chi connectivity index (χ0) is 13.4. The highest BCUT2D eigenvalue weighted by molar-refractivity contribution is 14.1. The van der Waals surface area contributed by atoms with Gasteiger partial charge in [-0.1, -0.05) is 0 Å². The predicted octanol–water partition coefficient (Wildman–Crippen LogP) is 3.91. The number of alkyl halides is 6. The molecule has 0 aromatic carbocycles. The van der Waals surface area contributed by atoms with Gasteiger partial charge in [0.05, 0.1) is 5.69 Å². The van der Waals surface area contributed by atoms with E-state index >= 15 is 0 Å². The number of aromatic nitrogens is 1. The van der Waals surface area contributed by atoms with Crippen LogP contribution in [0.3, 0.4) is 0 Å². The highest BCUT2D eigenvalue weighted by Crippen LogP contribution is 2.40. The molecular weight excluding hydrogens is 367 g/mol. The number of hydrogen-bond donors (Lipinski definition) is 0. The minimum Gasteiger partial charge on any atom is -0.405 e. The van der Waals surface area contributed by atoms with E-state index in [0.717, 1.165) is 6.92 Å². The van der Waals surface area contributed by atoms with Crippen LogP contribution in [-0.2, 0) is 6.18 Å². The van der Waals surface area contributed by atoms with E-state index in [1.807, 2.05) is 0 Å². The minimum absolute atomic E-state index is 0.0210. The summed E-state index contributed by atoms with van der Waals surface area (Å²) in [4.78, 5) is 3.45. The van der Waals surface area contributed by atoms with Crippen molar-refractivity contribution in [2.75, 3.05) is 0 Å². The molecule has 1 aromatic heterocycles. The Morgan fingerprint density at radius 1 is 1.18 bits per heavy atom. The van der Waals surface area contributed by atoms with Crippen LogP contribution in [0.4, 0.5) is 26.3 Å². The van der Waals surface area contributed by atoms with Gasteiger partial charge in [0, 0.05) is 6.07 Å². The van der Waals surface area contributed by atoms with Crippen molar-refractivity contribution in [1.82, 2.24) is 4.98 Å². The third-order valence-corrected chi connectivity index (χ3v) is 2.19. The van der Waals surface area contributed by atoms with Crippen LogP contribution in [0.2, 0.25) is 0 Å². The second-order valence-corrected chi connectivity index (χ2v) is 4.05. The molecule has 0 saturated heterocycles. The third-order valence-electron chi connectivity index (χ3n) is 1.64. The molecule has 2 nitrogen and oxygen atoms in total. The van der Waals surface area contributed by atoms with Crippen molar-refractivity contribution in [1.29, 1.82) is 0 Å². The van der Waals surface area contributed by atoms with Crippen molar-refractivity contribution < 1.29 is 31.1 Å². The molecule has 0 N–H and O–H groups in total. The Bertz CT molecular complexity index is 427. The van der Waals surface area contributed by atoms with Crippen molar-refractivity contribution in [3.05, 3.63) is 21.0 Å². The molecule has 0 radical (unpaired) electrons. The fourth-order valence-corrected chi connectivity index (χ4v) is 1.80. The normalized spacial score (nSPS) is 12.7. The van der Waals surface area contributed by atoms with Crippen molar-refractivity contribution >= 4 is 22.6 Å². The fourth-order valence-electron chi connectivity index (χ4n) is 1.16. The van der Waals surface area contributed by atoms with Gasteiger partial charge in [-0.2, -0.15) is 13.2 Å². The van der Waals surface area contributed by atoms with Crippen molar-refractivity contribution in [3.8, 4) is 5.75 Å². The second kappa shape index (κ2) is 4.50. The SMILES string of the molecule is Cc1nc(I)cc(OC(F)(F)F)c1C(F)(F)F. The molecule has 0 saturated carbocycles. The Morgan fingerprint density at radius 2 is 1.71 bits per heavy atom. The van der Waals surface area contributed by atoms with Gasteiger partial charge < -0.3 is 4.74 Å². The number of aryl methyl sites for hydroxylation is 1. The molecule has 1 heterocycles. The lowest BCUT2D eigenvalue weighted by Gasteiger charge is -2.17. The number of nitrogens with zero attached hydrogens (tertiary/aromatic N) is 1. The third kappa shape index (κ3) is 3.89. The monoisotopic (exact) mass is 371 g/mol. The van der Waals surface area contributed by atoms with E-state index in [2.05, 4.69) is 9.72 Å². The van der Waals surface area contributed by atoms with Gasteiger partial charge >= 0.3 is 12.5 Å². The lowest BCUT2D eigenvalue weighted by Crippen LogP contribution is -2.21. The molecule has 0 unspecified atom stereocenters. The lowest BCUT2D eigenvalue weighted by atomic mass is 10.2. The molecule has 0 aliphatic rings. The van der Waals surface area contributed by atoms with Gasteiger partial charge in [-0.15, -0.1) is 13.2 Å². The molecule has 17 heavy (non-hydrogen) atoms. The zero-order valence-corrected chi connectivity index (χ0v) is 10.2. The van der Waals surface area contributed by atoms with Gasteiger partial charge in [0.1, 0.15) is 15.0 Å². The Balaban J connectivity index is 3.36. The zero-order valence-electron chi connectivity index (χ0n) is 8.08. The van der Waals surface area contributed by atoms with E-state index < -0.39 is 29.5 Å². The molecule has 0 atom stereocenters. The van der Waals surface area contributed by atoms with Crippen molar-refractivity contribution in [2.45, 2.75) is 19.5 Å². The average molecular weight is 371 g/mol. The molecule has 0 bridgehead atoms. The first-order valence-corrected chi connectivity index (χ1v) is 5.08. The second-order valence-electron chi connectivity index (χ2n) is 2.95. The number of hydrogen-bond acceptors (Lipinski definition) is 2. The summed E-state index contributed by atoms with van der Waals surface area (Å²) >= 11 is 1.50. The molecular formula is C8H4F6INO. The van der Waals surface area contributed by atoms with Crippen LogP contribution >= 0.6 is 22.6 Å². The maximum absolute atomic E-state index is 12.5. The summed E-state index contributed by atoms with van der Waals surface area (Å²) in [5.41, 5.74) is -2.08. The van der Waals surface area contributed by atoms with E-state index in [9.17, 15) is 26.3 Å². The highest BCUT2D eigenvalue weighted by Gasteiger charge is 2.41. The minimum atomic E-state index is -5.18. The van der Waals surface area contributed by atoms with Gasteiger partial charge in [-0.25, -0.2) is 4.98 Å². The molecule has 0 spiro atoms. The van der Waals surface area contributed by atoms with Gasteiger partial charge in [0.15, 0.2) is 0 Å². The van der Waals surface area contributed by atoms with E-state index in [4.69, 9.17) is 0 Å². The summed E-state index contributed by atoms with van der Waals surface area (Å²) in [6.45, 7) is 0.966. The average Bonchev–Trinajstić information content (AvgIpc) is 1.94. The summed E-state index contributed by atoms with van der Waals surface area (Å²) in [6.07, 6.45) is -10.1. The van der Waals surface area contributed by atoms with Crippen molar-refractivity contribution in [2.24, 2.45) is 0 Å². The van der Waals surface area contributed by atoms with Crippen LogP contribution < -0.4 is 4.74 Å². The van der Waals surface area contributed by atoms with Gasteiger partial charge in [0.25, 0.3) is 0 Å². The van der Waals surface area contributed by atoms with Gasteiger partial charge in [-0.05, 0) is 29.5 Å². The lowest BCUT2D eigenvalue weighted by molar-refractivity contribution is -0.276. The molecule has 9 heteroatoms. The number of rotatable bonds is 1. The van der Waals surface area contributed by atoms with E-state index in [-0.39, 0.29) is 3.70 Å². The summed E-state index contributed by atoms with van der Waals surface area (Å²) in [5, 5.41) is 0. The van der Waals surface area contributed by atoms with Gasteiger partial charge in [-0.3, -0.25) is 0 Å².